The third-order valence-corrected chi connectivity index (χ3v) is 2.86. The van der Waals surface area contributed by atoms with Gasteiger partial charge in [-0.1, -0.05) is 0 Å². The Morgan fingerprint density at radius 1 is 1.64 bits per heavy atom. The number of hydrogen-bond acceptors (Lipinski definition) is 3. The number of aliphatic hydroxyl groups excluding tert-OH is 1. The van der Waals surface area contributed by atoms with E-state index in [9.17, 15) is 0 Å². The number of hydrogen-bond donors (Lipinski definition) is 1. The van der Waals surface area contributed by atoms with Crippen LogP contribution < -0.4 is 4.90 Å². The van der Waals surface area contributed by atoms with Crippen molar-refractivity contribution in [3.8, 4) is 0 Å². The summed E-state index contributed by atoms with van der Waals surface area (Å²) in [5, 5.41) is 9.05. The van der Waals surface area contributed by atoms with E-state index in [1.54, 1.807) is 0 Å². The monoisotopic (exact) mass is 195 g/mol. The van der Waals surface area contributed by atoms with Gasteiger partial charge in [0.15, 0.2) is 0 Å². The minimum Gasteiger partial charge on any atom is -0.396 e. The summed E-state index contributed by atoms with van der Waals surface area (Å²) in [5.41, 5.74) is 0. The summed E-state index contributed by atoms with van der Waals surface area (Å²) in [5.74, 6) is 1.47. The maximum atomic E-state index is 9.05. The molecule has 1 aromatic rings. The van der Waals surface area contributed by atoms with Crippen LogP contribution in [0.2, 0.25) is 0 Å². The second kappa shape index (κ2) is 4.00. The molecule has 1 aliphatic rings. The zero-order chi connectivity index (χ0) is 9.97. The molecule has 1 saturated heterocycles. The SMILES string of the molecule is CCn1ccnc1N1CCC(CO)C1. The fourth-order valence-corrected chi connectivity index (χ4v) is 1.99. The van der Waals surface area contributed by atoms with Gasteiger partial charge in [-0.05, 0) is 13.3 Å². The Hall–Kier alpha value is -1.03. The summed E-state index contributed by atoms with van der Waals surface area (Å²) >= 11 is 0. The number of aliphatic hydroxyl groups is 1. The quantitative estimate of drug-likeness (QED) is 0.772. The highest BCUT2D eigenvalue weighted by Gasteiger charge is 2.24. The molecule has 0 amide bonds. The molecule has 78 valence electrons. The summed E-state index contributed by atoms with van der Waals surface area (Å²) in [7, 11) is 0. The van der Waals surface area contributed by atoms with Gasteiger partial charge in [0, 0.05) is 44.6 Å². The second-order valence-corrected chi connectivity index (χ2v) is 3.80. The van der Waals surface area contributed by atoms with E-state index in [1.807, 2.05) is 12.4 Å². The van der Waals surface area contributed by atoms with Gasteiger partial charge < -0.3 is 14.6 Å². The summed E-state index contributed by atoms with van der Waals surface area (Å²) in [4.78, 5) is 6.60. The smallest absolute Gasteiger partial charge is 0.205 e. The van der Waals surface area contributed by atoms with Gasteiger partial charge in [-0.3, -0.25) is 0 Å². The van der Waals surface area contributed by atoms with Crippen LogP contribution in [0.5, 0.6) is 0 Å². The van der Waals surface area contributed by atoms with Crippen molar-refractivity contribution in [1.82, 2.24) is 9.55 Å². The number of aromatic nitrogens is 2. The minimum atomic E-state index is 0.295. The zero-order valence-electron chi connectivity index (χ0n) is 8.56. The maximum Gasteiger partial charge on any atom is 0.205 e. The highest BCUT2D eigenvalue weighted by atomic mass is 16.3. The Morgan fingerprint density at radius 3 is 3.14 bits per heavy atom. The standard InChI is InChI=1S/C10H17N3O/c1-2-12-6-4-11-10(12)13-5-3-9(7-13)8-14/h4,6,9,14H,2-3,5,7-8H2,1H3. The molecule has 4 heteroatoms. The van der Waals surface area contributed by atoms with Crippen LogP contribution in [0.15, 0.2) is 12.4 Å². The van der Waals surface area contributed by atoms with Crippen LogP contribution in [-0.2, 0) is 6.54 Å². The Kier molecular flexibility index (Phi) is 2.72. The molecule has 2 heterocycles. The molecule has 0 radical (unpaired) electrons. The third kappa shape index (κ3) is 1.62. The van der Waals surface area contributed by atoms with Gasteiger partial charge in [-0.25, -0.2) is 4.98 Å². The molecule has 0 saturated carbocycles. The van der Waals surface area contributed by atoms with Crippen molar-refractivity contribution in [3.63, 3.8) is 0 Å². The molecule has 14 heavy (non-hydrogen) atoms. The summed E-state index contributed by atoms with van der Waals surface area (Å²) in [6.07, 6.45) is 4.92. The first-order chi connectivity index (χ1) is 6.85. The van der Waals surface area contributed by atoms with Crippen molar-refractivity contribution in [3.05, 3.63) is 12.4 Å². The molecule has 1 atom stereocenters. The molecule has 0 bridgehead atoms. The summed E-state index contributed by atoms with van der Waals surface area (Å²) in [6.45, 7) is 5.32. The van der Waals surface area contributed by atoms with Gasteiger partial charge >= 0.3 is 0 Å². The predicted molar refractivity (Wildman–Crippen MR) is 55.3 cm³/mol. The van der Waals surface area contributed by atoms with Gasteiger partial charge in [0.05, 0.1) is 0 Å². The molecule has 2 rings (SSSR count). The average molecular weight is 195 g/mol. The number of nitrogens with zero attached hydrogens (tertiary/aromatic N) is 3. The Bertz CT molecular complexity index is 297. The van der Waals surface area contributed by atoms with Crippen molar-refractivity contribution in [1.29, 1.82) is 0 Å². The molecule has 0 aliphatic carbocycles. The number of imidazole rings is 1. The lowest BCUT2D eigenvalue weighted by Gasteiger charge is -2.18. The van der Waals surface area contributed by atoms with Crippen LogP contribution in [0.4, 0.5) is 5.95 Å². The molecule has 0 spiro atoms. The van der Waals surface area contributed by atoms with Crippen molar-refractivity contribution in [2.24, 2.45) is 5.92 Å². The largest absolute Gasteiger partial charge is 0.396 e. The van der Waals surface area contributed by atoms with E-state index in [-0.39, 0.29) is 0 Å². The van der Waals surface area contributed by atoms with E-state index in [0.29, 0.717) is 12.5 Å². The van der Waals surface area contributed by atoms with Crippen LogP contribution in [-0.4, -0.2) is 34.4 Å². The van der Waals surface area contributed by atoms with Gasteiger partial charge in [0.1, 0.15) is 0 Å². The maximum absolute atomic E-state index is 9.05. The summed E-state index contributed by atoms with van der Waals surface area (Å²) in [6, 6.07) is 0. The third-order valence-electron chi connectivity index (χ3n) is 2.86. The number of aryl methyl sites for hydroxylation is 1. The second-order valence-electron chi connectivity index (χ2n) is 3.80. The van der Waals surface area contributed by atoms with Gasteiger partial charge in [-0.15, -0.1) is 0 Å². The predicted octanol–water partition coefficient (Wildman–Crippen LogP) is 0.722. The van der Waals surface area contributed by atoms with E-state index >= 15 is 0 Å². The van der Waals surface area contributed by atoms with E-state index in [4.69, 9.17) is 5.11 Å². The molecule has 0 aromatic carbocycles. The van der Waals surface area contributed by atoms with E-state index in [1.165, 1.54) is 0 Å². The highest BCUT2D eigenvalue weighted by Crippen LogP contribution is 2.21. The Balaban J connectivity index is 2.09. The molecule has 1 unspecified atom stereocenters. The first kappa shape index (κ1) is 9.52. The zero-order valence-corrected chi connectivity index (χ0v) is 8.56. The van der Waals surface area contributed by atoms with Crippen LogP contribution >= 0.6 is 0 Å². The van der Waals surface area contributed by atoms with Crippen LogP contribution in [0.25, 0.3) is 0 Å². The normalized spacial score (nSPS) is 21.9. The van der Waals surface area contributed by atoms with Gasteiger partial charge in [-0.2, -0.15) is 0 Å². The van der Waals surface area contributed by atoms with Crippen LogP contribution in [0, 0.1) is 5.92 Å². The van der Waals surface area contributed by atoms with Gasteiger partial charge in [0.25, 0.3) is 0 Å². The molecule has 4 nitrogen and oxygen atoms in total. The highest BCUT2D eigenvalue weighted by molar-refractivity contribution is 5.32. The molecule has 1 N–H and O–H groups in total. The summed E-state index contributed by atoms with van der Waals surface area (Å²) < 4.78 is 2.14. The lowest BCUT2D eigenvalue weighted by atomic mass is 10.1. The first-order valence-corrected chi connectivity index (χ1v) is 5.22. The topological polar surface area (TPSA) is 41.3 Å². The minimum absolute atomic E-state index is 0.295. The van der Waals surface area contributed by atoms with Crippen molar-refractivity contribution in [2.45, 2.75) is 19.9 Å². The average Bonchev–Trinajstić information content (AvgIpc) is 2.85. The Morgan fingerprint density at radius 2 is 2.50 bits per heavy atom. The fraction of sp³-hybridized carbons (Fsp3) is 0.700. The van der Waals surface area contributed by atoms with E-state index in [2.05, 4.69) is 21.4 Å². The van der Waals surface area contributed by atoms with Crippen molar-refractivity contribution in [2.75, 3.05) is 24.6 Å². The van der Waals surface area contributed by atoms with Crippen molar-refractivity contribution < 1.29 is 5.11 Å². The molecular formula is C10H17N3O. The fourth-order valence-electron chi connectivity index (χ4n) is 1.99. The molecular weight excluding hydrogens is 178 g/mol. The number of rotatable bonds is 3. The molecule has 1 aliphatic heterocycles. The van der Waals surface area contributed by atoms with Crippen LogP contribution in [0.1, 0.15) is 13.3 Å². The lowest BCUT2D eigenvalue weighted by molar-refractivity contribution is 0.238. The van der Waals surface area contributed by atoms with Crippen LogP contribution in [0.3, 0.4) is 0 Å². The first-order valence-electron chi connectivity index (χ1n) is 5.22. The number of anilines is 1. The van der Waals surface area contributed by atoms with Crippen molar-refractivity contribution >= 4 is 5.95 Å². The van der Waals surface area contributed by atoms with Gasteiger partial charge in [0.2, 0.25) is 5.95 Å². The molecule has 1 aromatic heterocycles. The molecule has 1 fully saturated rings. The Labute approximate surface area is 84.2 Å². The lowest BCUT2D eigenvalue weighted by Crippen LogP contribution is -2.24. The van der Waals surface area contributed by atoms with E-state index < -0.39 is 0 Å². The van der Waals surface area contributed by atoms with E-state index in [0.717, 1.165) is 32.0 Å².